The van der Waals surface area contributed by atoms with Crippen LogP contribution in [0, 0.1) is 0 Å². The molecule has 1 aliphatic rings. The van der Waals surface area contributed by atoms with Crippen molar-refractivity contribution in [3.8, 4) is 0 Å². The first-order chi connectivity index (χ1) is 4.68. The van der Waals surface area contributed by atoms with Crippen molar-refractivity contribution in [2.75, 3.05) is 0 Å². The maximum absolute atomic E-state index is 9.83. The molecule has 1 saturated carbocycles. The zero-order valence-corrected chi connectivity index (χ0v) is 6.39. The van der Waals surface area contributed by atoms with Crippen LogP contribution in [0.4, 0.5) is 0 Å². The summed E-state index contributed by atoms with van der Waals surface area (Å²) in [5.74, 6) is -0.900. The van der Waals surface area contributed by atoms with E-state index in [0.29, 0.717) is 6.42 Å². The van der Waals surface area contributed by atoms with E-state index in [0.717, 1.165) is 0 Å². The summed E-state index contributed by atoms with van der Waals surface area (Å²) >= 11 is 0. The van der Waals surface area contributed by atoms with E-state index >= 15 is 0 Å². The van der Waals surface area contributed by atoms with Gasteiger partial charge in [-0.05, 0) is 6.42 Å². The third-order valence-electron chi connectivity index (χ3n) is 1.08. The minimum atomic E-state index is -0.900. The Bertz CT molecular complexity index is 122. The van der Waals surface area contributed by atoms with Crippen molar-refractivity contribution in [2.24, 2.45) is 0 Å². The second-order valence-electron chi connectivity index (χ2n) is 2.32. The molecule has 0 unspecified atom stereocenters. The van der Waals surface area contributed by atoms with Crippen LogP contribution in [0.3, 0.4) is 0 Å². The summed E-state index contributed by atoms with van der Waals surface area (Å²) in [5, 5.41) is 8.08. The molecule has 0 spiro atoms. The molecular formula is C8H14O2. The van der Waals surface area contributed by atoms with E-state index in [-0.39, 0.29) is 5.57 Å². The summed E-state index contributed by atoms with van der Waals surface area (Å²) in [4.78, 5) is 9.83. The van der Waals surface area contributed by atoms with Crippen molar-refractivity contribution in [1.82, 2.24) is 0 Å². The standard InChI is InChI=1S/C5H8O2.C3H6/c1-3-4(2)5(6)7;1-2-3-1/h2-3H2,1H3,(H,6,7);1-3H2. The van der Waals surface area contributed by atoms with Gasteiger partial charge in [0.05, 0.1) is 0 Å². The van der Waals surface area contributed by atoms with Gasteiger partial charge >= 0.3 is 5.97 Å². The number of carboxylic acid groups (broad SMARTS) is 1. The minimum Gasteiger partial charge on any atom is -0.478 e. The zero-order chi connectivity index (χ0) is 7.98. The normalized spacial score (nSPS) is 12.9. The van der Waals surface area contributed by atoms with Crippen LogP contribution in [0.2, 0.25) is 0 Å². The molecule has 1 aliphatic carbocycles. The van der Waals surface area contributed by atoms with Crippen LogP contribution in [0.25, 0.3) is 0 Å². The maximum atomic E-state index is 9.83. The lowest BCUT2D eigenvalue weighted by Gasteiger charge is -1.87. The van der Waals surface area contributed by atoms with Crippen molar-refractivity contribution >= 4 is 5.97 Å². The molecule has 58 valence electrons. The Balaban J connectivity index is 0.000000219. The molecule has 0 aromatic carbocycles. The molecule has 0 aliphatic heterocycles. The molecule has 2 heteroatoms. The molecule has 1 N–H and O–H groups in total. The maximum Gasteiger partial charge on any atom is 0.330 e. The van der Waals surface area contributed by atoms with Gasteiger partial charge in [0.2, 0.25) is 0 Å². The number of carbonyl (C=O) groups is 1. The van der Waals surface area contributed by atoms with E-state index in [9.17, 15) is 4.79 Å². The lowest BCUT2D eigenvalue weighted by Crippen LogP contribution is -1.95. The number of hydrogen-bond donors (Lipinski definition) is 1. The summed E-state index contributed by atoms with van der Waals surface area (Å²) in [6.07, 6.45) is 5.02. The second kappa shape index (κ2) is 5.03. The third-order valence-corrected chi connectivity index (χ3v) is 1.08. The van der Waals surface area contributed by atoms with E-state index in [2.05, 4.69) is 6.58 Å². The van der Waals surface area contributed by atoms with Crippen molar-refractivity contribution in [1.29, 1.82) is 0 Å². The minimum absolute atomic E-state index is 0.264. The van der Waals surface area contributed by atoms with Crippen molar-refractivity contribution < 1.29 is 9.90 Å². The van der Waals surface area contributed by atoms with E-state index < -0.39 is 5.97 Å². The molecule has 0 heterocycles. The highest BCUT2D eigenvalue weighted by Gasteiger charge is 1.96. The Morgan fingerprint density at radius 1 is 1.50 bits per heavy atom. The molecule has 0 aromatic heterocycles. The topological polar surface area (TPSA) is 37.3 Å². The van der Waals surface area contributed by atoms with Crippen LogP contribution < -0.4 is 0 Å². The smallest absolute Gasteiger partial charge is 0.330 e. The Kier molecular flexibility index (Phi) is 4.63. The molecule has 0 atom stereocenters. The Labute approximate surface area is 61.6 Å². The summed E-state index contributed by atoms with van der Waals surface area (Å²) in [7, 11) is 0. The van der Waals surface area contributed by atoms with Gasteiger partial charge in [-0.1, -0.05) is 32.8 Å². The molecule has 2 nitrogen and oxygen atoms in total. The van der Waals surface area contributed by atoms with Crippen molar-refractivity contribution in [2.45, 2.75) is 32.6 Å². The summed E-state index contributed by atoms with van der Waals surface area (Å²) < 4.78 is 0. The molecule has 1 rings (SSSR count). The largest absolute Gasteiger partial charge is 0.478 e. The molecule has 0 radical (unpaired) electrons. The van der Waals surface area contributed by atoms with Gasteiger partial charge in [-0.3, -0.25) is 0 Å². The third kappa shape index (κ3) is 7.21. The fourth-order valence-electron chi connectivity index (χ4n) is 0.151. The van der Waals surface area contributed by atoms with E-state index in [1.807, 2.05) is 0 Å². The van der Waals surface area contributed by atoms with Gasteiger partial charge in [-0.2, -0.15) is 0 Å². The van der Waals surface area contributed by atoms with Gasteiger partial charge in [-0.15, -0.1) is 0 Å². The highest BCUT2D eigenvalue weighted by Crippen LogP contribution is 2.14. The Morgan fingerprint density at radius 2 is 1.90 bits per heavy atom. The monoisotopic (exact) mass is 142 g/mol. The van der Waals surface area contributed by atoms with Gasteiger partial charge in [0.25, 0.3) is 0 Å². The highest BCUT2D eigenvalue weighted by molar-refractivity contribution is 5.85. The molecule has 0 amide bonds. The highest BCUT2D eigenvalue weighted by atomic mass is 16.4. The molecule has 1 fully saturated rings. The van der Waals surface area contributed by atoms with Gasteiger partial charge in [0.15, 0.2) is 0 Å². The first-order valence-corrected chi connectivity index (χ1v) is 3.59. The number of rotatable bonds is 2. The van der Waals surface area contributed by atoms with E-state index in [1.54, 1.807) is 6.92 Å². The van der Waals surface area contributed by atoms with Crippen LogP contribution >= 0.6 is 0 Å². The van der Waals surface area contributed by atoms with Crippen LogP contribution in [0.5, 0.6) is 0 Å². The SMILES string of the molecule is C1CC1.C=C(CC)C(=O)O. The lowest BCUT2D eigenvalue weighted by atomic mass is 10.2. The van der Waals surface area contributed by atoms with Gasteiger partial charge in [0.1, 0.15) is 0 Å². The van der Waals surface area contributed by atoms with Crippen molar-refractivity contribution in [3.63, 3.8) is 0 Å². The number of carboxylic acids is 1. The molecule has 10 heavy (non-hydrogen) atoms. The van der Waals surface area contributed by atoms with Crippen LogP contribution in [-0.4, -0.2) is 11.1 Å². The quantitative estimate of drug-likeness (QED) is 0.600. The van der Waals surface area contributed by atoms with Gasteiger partial charge < -0.3 is 5.11 Å². The molecule has 0 bridgehead atoms. The van der Waals surface area contributed by atoms with Crippen LogP contribution in [0.1, 0.15) is 32.6 Å². The molecule has 0 aromatic rings. The van der Waals surface area contributed by atoms with Gasteiger partial charge in [-0.25, -0.2) is 4.79 Å². The van der Waals surface area contributed by atoms with E-state index in [4.69, 9.17) is 5.11 Å². The first kappa shape index (κ1) is 9.21. The summed E-state index contributed by atoms with van der Waals surface area (Å²) in [5.41, 5.74) is 0.264. The fraction of sp³-hybridized carbons (Fsp3) is 0.625. The Morgan fingerprint density at radius 3 is 1.90 bits per heavy atom. The average Bonchev–Trinajstić information content (AvgIpc) is 2.70. The Hall–Kier alpha value is -0.790. The van der Waals surface area contributed by atoms with Gasteiger partial charge in [0, 0.05) is 5.57 Å². The molecule has 0 saturated heterocycles. The average molecular weight is 142 g/mol. The van der Waals surface area contributed by atoms with Crippen molar-refractivity contribution in [3.05, 3.63) is 12.2 Å². The number of aliphatic carboxylic acids is 1. The zero-order valence-electron chi connectivity index (χ0n) is 6.39. The second-order valence-corrected chi connectivity index (χ2v) is 2.32. The van der Waals surface area contributed by atoms with E-state index in [1.165, 1.54) is 19.3 Å². The fourth-order valence-corrected chi connectivity index (χ4v) is 0.151. The first-order valence-electron chi connectivity index (χ1n) is 3.59. The predicted molar refractivity (Wildman–Crippen MR) is 40.9 cm³/mol. The van der Waals surface area contributed by atoms with Crippen LogP contribution in [0.15, 0.2) is 12.2 Å². The summed E-state index contributed by atoms with van der Waals surface area (Å²) in [6.45, 7) is 5.03. The lowest BCUT2D eigenvalue weighted by molar-refractivity contribution is -0.132. The molecular weight excluding hydrogens is 128 g/mol. The predicted octanol–water partition coefficient (Wildman–Crippen LogP) is 2.21. The number of hydrogen-bond acceptors (Lipinski definition) is 1. The summed E-state index contributed by atoms with van der Waals surface area (Å²) in [6, 6.07) is 0. The van der Waals surface area contributed by atoms with Crippen LogP contribution in [-0.2, 0) is 4.79 Å².